The van der Waals surface area contributed by atoms with Crippen LogP contribution in [0.2, 0.25) is 0 Å². The molecular formula is C12H22N2O. The fraction of sp³-hybridized carbons (Fsp3) is 0.750. The number of carbonyl (C=O) groups excluding carboxylic acids is 1. The molecule has 0 radical (unpaired) electrons. The number of hydrogen-bond acceptors (Lipinski definition) is 2. The molecule has 1 fully saturated rings. The number of amides is 1. The first kappa shape index (κ1) is 12.2. The zero-order valence-electron chi connectivity index (χ0n) is 10.1. The fourth-order valence-corrected chi connectivity index (χ4v) is 2.01. The summed E-state index contributed by atoms with van der Waals surface area (Å²) in [5.41, 5.74) is 0. The fourth-order valence-electron chi connectivity index (χ4n) is 2.01. The van der Waals surface area contributed by atoms with Crippen LogP contribution in [0.5, 0.6) is 0 Å². The lowest BCUT2D eigenvalue weighted by molar-refractivity contribution is -0.126. The molecule has 0 bridgehead atoms. The quantitative estimate of drug-likeness (QED) is 0.657. The Kier molecular flexibility index (Phi) is 4.82. The second-order valence-corrected chi connectivity index (χ2v) is 4.40. The van der Waals surface area contributed by atoms with Gasteiger partial charge >= 0.3 is 0 Å². The third kappa shape index (κ3) is 3.67. The van der Waals surface area contributed by atoms with Crippen LogP contribution >= 0.6 is 0 Å². The smallest absolute Gasteiger partial charge is 0.246 e. The predicted octanol–water partition coefficient (Wildman–Crippen LogP) is 1.51. The molecule has 1 aliphatic heterocycles. The minimum absolute atomic E-state index is 0.182. The van der Waals surface area contributed by atoms with Crippen LogP contribution in [-0.4, -0.2) is 48.9 Å². The Morgan fingerprint density at radius 1 is 1.53 bits per heavy atom. The first-order chi connectivity index (χ1) is 7.15. The highest BCUT2D eigenvalue weighted by Crippen LogP contribution is 2.19. The van der Waals surface area contributed by atoms with Crippen LogP contribution < -0.4 is 0 Å². The summed E-state index contributed by atoms with van der Waals surface area (Å²) in [6.45, 7) is 3.92. The van der Waals surface area contributed by atoms with E-state index >= 15 is 0 Å². The van der Waals surface area contributed by atoms with Crippen molar-refractivity contribution < 1.29 is 4.79 Å². The van der Waals surface area contributed by atoms with Crippen LogP contribution in [0.3, 0.4) is 0 Å². The molecule has 0 unspecified atom stereocenters. The van der Waals surface area contributed by atoms with Crippen molar-refractivity contribution in [3.05, 3.63) is 12.2 Å². The first-order valence-corrected chi connectivity index (χ1v) is 5.77. The summed E-state index contributed by atoms with van der Waals surface area (Å²) in [5.74, 6) is 0.182. The van der Waals surface area contributed by atoms with E-state index in [-0.39, 0.29) is 5.91 Å². The van der Waals surface area contributed by atoms with Crippen LogP contribution in [0.15, 0.2) is 12.2 Å². The Hall–Kier alpha value is -0.830. The highest BCUT2D eigenvalue weighted by atomic mass is 16.2. The highest BCUT2D eigenvalue weighted by Gasteiger charge is 2.25. The lowest BCUT2D eigenvalue weighted by Gasteiger charge is -2.22. The van der Waals surface area contributed by atoms with Gasteiger partial charge in [0.2, 0.25) is 5.91 Å². The van der Waals surface area contributed by atoms with Crippen molar-refractivity contribution in [1.29, 1.82) is 0 Å². The molecule has 3 heteroatoms. The number of hydrogen-bond donors (Lipinski definition) is 0. The molecule has 3 nitrogen and oxygen atoms in total. The third-order valence-electron chi connectivity index (χ3n) is 2.86. The normalized spacial score (nSPS) is 21.9. The molecule has 0 aromatic rings. The summed E-state index contributed by atoms with van der Waals surface area (Å²) in [5, 5.41) is 0. The molecule has 0 aromatic heterocycles. The number of nitrogens with zero attached hydrogens (tertiary/aromatic N) is 2. The Labute approximate surface area is 92.7 Å². The average molecular weight is 210 g/mol. The molecule has 1 amide bonds. The van der Waals surface area contributed by atoms with Crippen molar-refractivity contribution in [2.24, 2.45) is 0 Å². The highest BCUT2D eigenvalue weighted by molar-refractivity contribution is 5.88. The molecule has 1 atom stereocenters. The summed E-state index contributed by atoms with van der Waals surface area (Å²) in [4.78, 5) is 15.9. The molecule has 15 heavy (non-hydrogen) atoms. The van der Waals surface area contributed by atoms with Gasteiger partial charge in [-0.15, -0.1) is 0 Å². The number of rotatable bonds is 4. The van der Waals surface area contributed by atoms with E-state index in [4.69, 9.17) is 0 Å². The van der Waals surface area contributed by atoms with E-state index in [0.717, 1.165) is 25.9 Å². The molecule has 1 heterocycles. The van der Waals surface area contributed by atoms with Gasteiger partial charge in [-0.05, 0) is 33.4 Å². The van der Waals surface area contributed by atoms with E-state index in [1.807, 2.05) is 30.0 Å². The minimum Gasteiger partial charge on any atom is -0.336 e. The standard InChI is InChI=1S/C12H22N2O/c1-4-11-7-5-10-14(11)12(15)8-6-9-13(2)3/h6,8,11H,4-5,7,9-10H2,1-3H3/b8-6+/t11-/m1/s1. The van der Waals surface area contributed by atoms with Crippen molar-refractivity contribution in [3.63, 3.8) is 0 Å². The number of carbonyl (C=O) groups is 1. The molecule has 0 spiro atoms. The van der Waals surface area contributed by atoms with Gasteiger partial charge in [0.25, 0.3) is 0 Å². The second kappa shape index (κ2) is 5.91. The molecule has 0 N–H and O–H groups in total. The van der Waals surface area contributed by atoms with Gasteiger partial charge in [0.15, 0.2) is 0 Å². The van der Waals surface area contributed by atoms with Crippen LogP contribution in [0.25, 0.3) is 0 Å². The maximum absolute atomic E-state index is 11.8. The van der Waals surface area contributed by atoms with Crippen molar-refractivity contribution in [2.45, 2.75) is 32.2 Å². The Balaban J connectivity index is 2.42. The van der Waals surface area contributed by atoms with Crippen molar-refractivity contribution in [1.82, 2.24) is 9.80 Å². The summed E-state index contributed by atoms with van der Waals surface area (Å²) in [7, 11) is 4.00. The average Bonchev–Trinajstić information content (AvgIpc) is 2.64. The molecule has 1 rings (SSSR count). The molecule has 86 valence electrons. The maximum Gasteiger partial charge on any atom is 0.246 e. The molecule has 1 aliphatic rings. The second-order valence-electron chi connectivity index (χ2n) is 4.40. The Bertz CT molecular complexity index is 236. The molecule has 0 aromatic carbocycles. The van der Waals surface area contributed by atoms with E-state index in [2.05, 4.69) is 6.92 Å². The lowest BCUT2D eigenvalue weighted by Crippen LogP contribution is -2.33. The monoisotopic (exact) mass is 210 g/mol. The van der Waals surface area contributed by atoms with Crippen molar-refractivity contribution >= 4 is 5.91 Å². The maximum atomic E-state index is 11.8. The van der Waals surface area contributed by atoms with Gasteiger partial charge in [0.05, 0.1) is 0 Å². The van der Waals surface area contributed by atoms with Crippen LogP contribution in [0, 0.1) is 0 Å². The summed E-state index contributed by atoms with van der Waals surface area (Å²) in [6.07, 6.45) is 7.06. The predicted molar refractivity (Wildman–Crippen MR) is 62.7 cm³/mol. The summed E-state index contributed by atoms with van der Waals surface area (Å²) in [6, 6.07) is 0.474. The number of likely N-dealkylation sites (tertiary alicyclic amines) is 1. The zero-order valence-corrected chi connectivity index (χ0v) is 10.1. The minimum atomic E-state index is 0.182. The van der Waals surface area contributed by atoms with E-state index in [1.165, 1.54) is 6.42 Å². The van der Waals surface area contributed by atoms with Crippen LogP contribution in [-0.2, 0) is 4.79 Å². The molecular weight excluding hydrogens is 188 g/mol. The van der Waals surface area contributed by atoms with Crippen molar-refractivity contribution in [3.8, 4) is 0 Å². The Morgan fingerprint density at radius 2 is 2.27 bits per heavy atom. The van der Waals surface area contributed by atoms with Crippen LogP contribution in [0.1, 0.15) is 26.2 Å². The van der Waals surface area contributed by atoms with Gasteiger partial charge in [-0.1, -0.05) is 13.0 Å². The van der Waals surface area contributed by atoms with Crippen molar-refractivity contribution in [2.75, 3.05) is 27.2 Å². The van der Waals surface area contributed by atoms with Gasteiger partial charge in [0.1, 0.15) is 0 Å². The van der Waals surface area contributed by atoms with Gasteiger partial charge in [-0.3, -0.25) is 4.79 Å². The molecule has 1 saturated heterocycles. The van der Waals surface area contributed by atoms with Gasteiger partial charge < -0.3 is 9.80 Å². The lowest BCUT2D eigenvalue weighted by atomic mass is 10.2. The van der Waals surface area contributed by atoms with E-state index in [1.54, 1.807) is 6.08 Å². The van der Waals surface area contributed by atoms with Gasteiger partial charge in [-0.2, -0.15) is 0 Å². The Morgan fingerprint density at radius 3 is 2.87 bits per heavy atom. The molecule has 0 saturated carbocycles. The van der Waals surface area contributed by atoms with E-state index < -0.39 is 0 Å². The first-order valence-electron chi connectivity index (χ1n) is 5.77. The largest absolute Gasteiger partial charge is 0.336 e. The third-order valence-corrected chi connectivity index (χ3v) is 2.86. The summed E-state index contributed by atoms with van der Waals surface area (Å²) < 4.78 is 0. The zero-order chi connectivity index (χ0) is 11.3. The SMILES string of the molecule is CC[C@@H]1CCCN1C(=O)/C=C/CN(C)C. The number of likely N-dealkylation sites (N-methyl/N-ethyl adjacent to an activating group) is 1. The van der Waals surface area contributed by atoms with E-state index in [0.29, 0.717) is 6.04 Å². The van der Waals surface area contributed by atoms with Gasteiger partial charge in [0, 0.05) is 25.2 Å². The van der Waals surface area contributed by atoms with E-state index in [9.17, 15) is 4.79 Å². The van der Waals surface area contributed by atoms with Crippen LogP contribution in [0.4, 0.5) is 0 Å². The summed E-state index contributed by atoms with van der Waals surface area (Å²) >= 11 is 0. The topological polar surface area (TPSA) is 23.6 Å². The van der Waals surface area contributed by atoms with Gasteiger partial charge in [-0.25, -0.2) is 0 Å². The molecule has 0 aliphatic carbocycles.